The molecule has 2 atom stereocenters. The van der Waals surface area contributed by atoms with Crippen LogP contribution in [0.3, 0.4) is 0 Å². The monoisotopic (exact) mass is 154 g/mol. The fourth-order valence-corrected chi connectivity index (χ4v) is 2.11. The summed E-state index contributed by atoms with van der Waals surface area (Å²) < 4.78 is 12.7. The summed E-state index contributed by atoms with van der Waals surface area (Å²) >= 11 is 0. The van der Waals surface area contributed by atoms with Gasteiger partial charge in [0.2, 0.25) is 0 Å². The minimum Gasteiger partial charge on any atom is -0.291 e. The molecule has 0 radical (unpaired) electrons. The molecule has 60 valence electrons. The molecule has 0 heterocycles. The Bertz CT molecular complexity index is 252. The van der Waals surface area contributed by atoms with E-state index in [1.807, 2.05) is 13.8 Å². The molecule has 2 unspecified atom stereocenters. The highest BCUT2D eigenvalue weighted by Gasteiger charge is 2.54. The third kappa shape index (κ3) is 0.673. The minimum absolute atomic E-state index is 0.0205. The molecular weight excluding hydrogens is 143 g/mol. The zero-order valence-electron chi connectivity index (χ0n) is 6.73. The van der Waals surface area contributed by atoms with Gasteiger partial charge in [-0.3, -0.25) is 4.79 Å². The van der Waals surface area contributed by atoms with E-state index in [9.17, 15) is 9.18 Å². The van der Waals surface area contributed by atoms with Crippen LogP contribution in [0, 0.1) is 17.3 Å². The Kier molecular flexibility index (Phi) is 1.11. The number of carbonyl (C=O) groups excluding carboxylic acids is 1. The molecule has 2 heteroatoms. The lowest BCUT2D eigenvalue weighted by Gasteiger charge is -2.52. The van der Waals surface area contributed by atoms with Gasteiger partial charge in [-0.2, -0.15) is 0 Å². The molecule has 0 aliphatic heterocycles. The smallest absolute Gasteiger partial charge is 0.194 e. The number of halogens is 1. The lowest BCUT2D eigenvalue weighted by Crippen LogP contribution is -2.51. The van der Waals surface area contributed by atoms with Crippen molar-refractivity contribution in [2.24, 2.45) is 17.3 Å². The summed E-state index contributed by atoms with van der Waals surface area (Å²) in [7, 11) is 0. The lowest BCUT2D eigenvalue weighted by molar-refractivity contribution is -0.136. The van der Waals surface area contributed by atoms with E-state index in [4.69, 9.17) is 0 Å². The van der Waals surface area contributed by atoms with Crippen molar-refractivity contribution in [3.63, 3.8) is 0 Å². The van der Waals surface area contributed by atoms with E-state index in [-0.39, 0.29) is 17.1 Å². The first-order valence-corrected chi connectivity index (χ1v) is 3.95. The van der Waals surface area contributed by atoms with Crippen LogP contribution in [0.15, 0.2) is 11.9 Å². The van der Waals surface area contributed by atoms with Gasteiger partial charge in [-0.25, -0.2) is 4.39 Å². The number of ketones is 1. The molecule has 3 aliphatic carbocycles. The molecule has 0 spiro atoms. The standard InChI is InChI=1S/C9H11FO/c1-9(2)5-3-6(9)8(11)7(10)4-5/h4-6H,3H2,1-2H3. The first kappa shape index (κ1) is 7.01. The second-order valence-electron chi connectivity index (χ2n) is 4.10. The summed E-state index contributed by atoms with van der Waals surface area (Å²) in [5, 5.41) is 0. The number of allylic oxidation sites excluding steroid dienone is 2. The zero-order valence-corrected chi connectivity index (χ0v) is 6.73. The summed E-state index contributed by atoms with van der Waals surface area (Å²) in [5.41, 5.74) is 0.0205. The highest BCUT2D eigenvalue weighted by atomic mass is 19.1. The Labute approximate surface area is 65.3 Å². The molecule has 11 heavy (non-hydrogen) atoms. The molecule has 0 N–H and O–H groups in total. The van der Waals surface area contributed by atoms with E-state index in [0.29, 0.717) is 5.92 Å². The number of hydrogen-bond acceptors (Lipinski definition) is 1. The van der Waals surface area contributed by atoms with Crippen LogP contribution in [0.1, 0.15) is 20.3 Å². The van der Waals surface area contributed by atoms with Gasteiger partial charge in [0, 0.05) is 5.92 Å². The summed E-state index contributed by atoms with van der Waals surface area (Å²) in [4.78, 5) is 11.1. The van der Waals surface area contributed by atoms with Gasteiger partial charge in [0.1, 0.15) is 0 Å². The fraction of sp³-hybridized carbons (Fsp3) is 0.667. The van der Waals surface area contributed by atoms with Crippen LogP contribution in [-0.2, 0) is 4.79 Å². The normalized spacial score (nSPS) is 39.5. The minimum atomic E-state index is -0.509. The largest absolute Gasteiger partial charge is 0.291 e. The topological polar surface area (TPSA) is 17.1 Å². The average Bonchev–Trinajstić information content (AvgIpc) is 1.93. The SMILES string of the molecule is CC1(C)C2C=C(F)C(=O)C1C2. The molecule has 3 rings (SSSR count). The maximum absolute atomic E-state index is 12.7. The predicted octanol–water partition coefficient (Wildman–Crippen LogP) is 2.08. The second-order valence-corrected chi connectivity index (χ2v) is 4.10. The Morgan fingerprint density at radius 1 is 1.64 bits per heavy atom. The van der Waals surface area contributed by atoms with Crippen molar-refractivity contribution in [3.05, 3.63) is 11.9 Å². The number of carbonyl (C=O) groups is 1. The van der Waals surface area contributed by atoms with Crippen molar-refractivity contribution >= 4 is 5.78 Å². The predicted molar refractivity (Wildman–Crippen MR) is 39.6 cm³/mol. The Hall–Kier alpha value is -0.660. The molecule has 2 bridgehead atoms. The van der Waals surface area contributed by atoms with Crippen molar-refractivity contribution in [2.75, 3.05) is 0 Å². The molecular formula is C9H11FO. The van der Waals surface area contributed by atoms with Gasteiger partial charge >= 0.3 is 0 Å². The molecule has 3 aliphatic rings. The van der Waals surface area contributed by atoms with Gasteiger partial charge in [0.25, 0.3) is 0 Å². The molecule has 0 aromatic rings. The highest BCUT2D eigenvalue weighted by molar-refractivity contribution is 5.98. The van der Waals surface area contributed by atoms with Crippen LogP contribution in [0.2, 0.25) is 0 Å². The average molecular weight is 154 g/mol. The van der Waals surface area contributed by atoms with Gasteiger partial charge in [0.15, 0.2) is 11.6 Å². The Balaban J connectivity index is 2.40. The number of Topliss-reactive ketones (excluding diaryl/α,β-unsaturated/α-hetero) is 1. The van der Waals surface area contributed by atoms with Crippen molar-refractivity contribution < 1.29 is 9.18 Å². The molecule has 0 amide bonds. The molecule has 1 fully saturated rings. The van der Waals surface area contributed by atoms with Crippen LogP contribution in [-0.4, -0.2) is 5.78 Å². The van der Waals surface area contributed by atoms with E-state index >= 15 is 0 Å². The summed E-state index contributed by atoms with van der Waals surface area (Å²) in [5.74, 6) is -0.536. The molecule has 1 saturated carbocycles. The fourth-order valence-electron chi connectivity index (χ4n) is 2.11. The van der Waals surface area contributed by atoms with Crippen LogP contribution in [0.25, 0.3) is 0 Å². The van der Waals surface area contributed by atoms with Gasteiger partial charge in [0.05, 0.1) is 0 Å². The van der Waals surface area contributed by atoms with E-state index in [2.05, 4.69) is 0 Å². The first-order valence-electron chi connectivity index (χ1n) is 3.95. The van der Waals surface area contributed by atoms with Gasteiger partial charge in [-0.1, -0.05) is 13.8 Å². The van der Waals surface area contributed by atoms with Crippen molar-refractivity contribution in [1.29, 1.82) is 0 Å². The zero-order chi connectivity index (χ0) is 8.22. The van der Waals surface area contributed by atoms with E-state index in [1.165, 1.54) is 6.08 Å². The number of rotatable bonds is 0. The van der Waals surface area contributed by atoms with Gasteiger partial charge in [-0.15, -0.1) is 0 Å². The van der Waals surface area contributed by atoms with Crippen LogP contribution in [0.4, 0.5) is 4.39 Å². The van der Waals surface area contributed by atoms with Gasteiger partial charge < -0.3 is 0 Å². The van der Waals surface area contributed by atoms with E-state index in [1.54, 1.807) is 0 Å². The molecule has 0 aromatic carbocycles. The van der Waals surface area contributed by atoms with Gasteiger partial charge in [-0.05, 0) is 23.8 Å². The maximum Gasteiger partial charge on any atom is 0.194 e. The third-order valence-electron chi connectivity index (χ3n) is 3.24. The Morgan fingerprint density at radius 3 is 2.64 bits per heavy atom. The summed E-state index contributed by atoms with van der Waals surface area (Å²) in [6, 6.07) is 0. The molecule has 1 nitrogen and oxygen atoms in total. The third-order valence-corrected chi connectivity index (χ3v) is 3.24. The quantitative estimate of drug-likeness (QED) is 0.522. The first-order chi connectivity index (χ1) is 5.03. The van der Waals surface area contributed by atoms with Crippen molar-refractivity contribution in [1.82, 2.24) is 0 Å². The van der Waals surface area contributed by atoms with Crippen molar-refractivity contribution in [2.45, 2.75) is 20.3 Å². The number of hydrogen-bond donors (Lipinski definition) is 0. The number of fused-ring (bicyclic) bond motifs is 1. The summed E-state index contributed by atoms with van der Waals surface area (Å²) in [6.07, 6.45) is 2.35. The maximum atomic E-state index is 12.7. The summed E-state index contributed by atoms with van der Waals surface area (Å²) in [6.45, 7) is 4.07. The Morgan fingerprint density at radius 2 is 2.27 bits per heavy atom. The van der Waals surface area contributed by atoms with Crippen LogP contribution >= 0.6 is 0 Å². The van der Waals surface area contributed by atoms with E-state index < -0.39 is 5.83 Å². The van der Waals surface area contributed by atoms with Crippen LogP contribution in [0.5, 0.6) is 0 Å². The highest BCUT2D eigenvalue weighted by Crippen LogP contribution is 2.56. The van der Waals surface area contributed by atoms with Crippen LogP contribution < -0.4 is 0 Å². The van der Waals surface area contributed by atoms with Crippen molar-refractivity contribution in [3.8, 4) is 0 Å². The molecule has 0 aromatic heterocycles. The lowest BCUT2D eigenvalue weighted by atomic mass is 9.51. The molecule has 0 saturated heterocycles. The second kappa shape index (κ2) is 1.74. The van der Waals surface area contributed by atoms with E-state index in [0.717, 1.165) is 6.42 Å².